The number of carbonyl (C=O) groups is 1. The number of nitrogens with zero attached hydrogens (tertiary/aromatic N) is 2. The van der Waals surface area contributed by atoms with Crippen LogP contribution in [0.2, 0.25) is 0 Å². The monoisotopic (exact) mass is 374 g/mol. The van der Waals surface area contributed by atoms with Gasteiger partial charge in [-0.1, -0.05) is 30.3 Å². The van der Waals surface area contributed by atoms with Crippen molar-refractivity contribution in [3.05, 3.63) is 35.9 Å². The van der Waals surface area contributed by atoms with E-state index in [1.54, 1.807) is 0 Å². The van der Waals surface area contributed by atoms with Gasteiger partial charge in [-0.25, -0.2) is 4.79 Å². The number of amides is 1. The van der Waals surface area contributed by atoms with E-state index in [0.29, 0.717) is 12.5 Å². The number of likely N-dealkylation sites (tertiary alicyclic amines) is 1. The number of benzene rings is 1. The third-order valence-electron chi connectivity index (χ3n) is 4.47. The molecule has 1 aliphatic heterocycles. The van der Waals surface area contributed by atoms with Crippen molar-refractivity contribution in [3.8, 4) is 0 Å². The summed E-state index contributed by atoms with van der Waals surface area (Å²) in [5.74, 6) is 1.61. The lowest BCUT2D eigenvalue weighted by atomic mass is 9.99. The third-order valence-corrected chi connectivity index (χ3v) is 4.47. The summed E-state index contributed by atoms with van der Waals surface area (Å²) in [5.41, 5.74) is 0.941. The fraction of sp³-hybridized carbons (Fsp3) is 0.619. The quantitative estimate of drug-likeness (QED) is 0.456. The Morgan fingerprint density at radius 3 is 2.59 bits per heavy atom. The molecule has 0 saturated carbocycles. The lowest BCUT2D eigenvalue weighted by molar-refractivity contribution is 0.0527. The van der Waals surface area contributed by atoms with Crippen molar-refractivity contribution in [1.82, 2.24) is 15.5 Å². The van der Waals surface area contributed by atoms with Gasteiger partial charge in [0.2, 0.25) is 0 Å². The van der Waals surface area contributed by atoms with Gasteiger partial charge in [-0.05, 0) is 51.5 Å². The molecule has 6 nitrogen and oxygen atoms in total. The molecule has 1 aliphatic rings. The molecule has 27 heavy (non-hydrogen) atoms. The molecule has 2 rings (SSSR count). The van der Waals surface area contributed by atoms with Crippen LogP contribution in [0.3, 0.4) is 0 Å². The van der Waals surface area contributed by atoms with Gasteiger partial charge in [-0.3, -0.25) is 4.99 Å². The highest BCUT2D eigenvalue weighted by Crippen LogP contribution is 2.20. The van der Waals surface area contributed by atoms with Crippen LogP contribution in [0.25, 0.3) is 0 Å². The third kappa shape index (κ3) is 7.89. The number of ether oxygens (including phenoxy) is 1. The number of guanidine groups is 1. The molecule has 1 aromatic carbocycles. The minimum absolute atomic E-state index is 0.366. The highest BCUT2D eigenvalue weighted by atomic mass is 16.6. The van der Waals surface area contributed by atoms with E-state index in [9.17, 15) is 4.79 Å². The summed E-state index contributed by atoms with van der Waals surface area (Å²) in [4.78, 5) is 18.4. The van der Waals surface area contributed by atoms with Crippen molar-refractivity contribution >= 4 is 12.1 Å². The van der Waals surface area contributed by atoms with Crippen LogP contribution < -0.4 is 10.6 Å². The number of rotatable bonds is 6. The minimum atomic E-state index is -0.462. The molecule has 0 bridgehead atoms. The zero-order valence-corrected chi connectivity index (χ0v) is 17.1. The Morgan fingerprint density at radius 1 is 1.22 bits per heavy atom. The normalized spacial score (nSPS) is 17.7. The van der Waals surface area contributed by atoms with Gasteiger partial charge in [-0.15, -0.1) is 0 Å². The molecule has 1 amide bonds. The summed E-state index contributed by atoms with van der Waals surface area (Å²) >= 11 is 0. The Labute approximate surface area is 163 Å². The number of carbonyl (C=O) groups excluding carboxylic acids is 1. The molecule has 150 valence electrons. The standard InChI is InChI=1S/C21H34N4O2/c1-21(2,3)27-20(26)24-13-8-12-23-19(22-4)25-14-11-18(16-25)15-17-9-6-5-7-10-17/h5-7,9-10,18H,8,11-16H2,1-4H3,(H,22,23)(H,24,26). The van der Waals surface area contributed by atoms with Gasteiger partial charge < -0.3 is 20.3 Å². The molecule has 1 aromatic rings. The molecule has 1 atom stereocenters. The van der Waals surface area contributed by atoms with Crippen molar-refractivity contribution in [2.45, 2.75) is 45.6 Å². The smallest absolute Gasteiger partial charge is 0.407 e. The first-order valence-corrected chi connectivity index (χ1v) is 9.84. The Bertz CT molecular complexity index is 610. The zero-order valence-electron chi connectivity index (χ0n) is 17.1. The second-order valence-corrected chi connectivity index (χ2v) is 8.05. The summed E-state index contributed by atoms with van der Waals surface area (Å²) in [5, 5.41) is 6.18. The minimum Gasteiger partial charge on any atom is -0.444 e. The molecule has 0 aromatic heterocycles. The lowest BCUT2D eigenvalue weighted by Crippen LogP contribution is -2.41. The van der Waals surface area contributed by atoms with E-state index < -0.39 is 5.60 Å². The van der Waals surface area contributed by atoms with Crippen LogP contribution in [-0.4, -0.2) is 55.8 Å². The summed E-state index contributed by atoms with van der Waals surface area (Å²) in [7, 11) is 1.83. The fourth-order valence-electron chi connectivity index (χ4n) is 3.26. The van der Waals surface area contributed by atoms with Crippen LogP contribution in [-0.2, 0) is 11.2 Å². The van der Waals surface area contributed by atoms with Gasteiger partial charge in [0.1, 0.15) is 5.60 Å². The Kier molecular flexibility index (Phi) is 7.95. The van der Waals surface area contributed by atoms with E-state index in [1.165, 1.54) is 12.0 Å². The predicted molar refractivity (Wildman–Crippen MR) is 110 cm³/mol. The summed E-state index contributed by atoms with van der Waals surface area (Å²) in [6.07, 6.45) is 2.76. The van der Waals surface area contributed by atoms with E-state index in [2.05, 4.69) is 50.9 Å². The number of hydrogen-bond donors (Lipinski definition) is 2. The van der Waals surface area contributed by atoms with Gasteiger partial charge in [0.05, 0.1) is 0 Å². The fourth-order valence-corrected chi connectivity index (χ4v) is 3.26. The Hall–Kier alpha value is -2.24. The van der Waals surface area contributed by atoms with Crippen molar-refractivity contribution < 1.29 is 9.53 Å². The summed E-state index contributed by atoms with van der Waals surface area (Å²) in [6.45, 7) is 8.99. The van der Waals surface area contributed by atoms with Gasteiger partial charge in [0.25, 0.3) is 0 Å². The maximum Gasteiger partial charge on any atom is 0.407 e. The van der Waals surface area contributed by atoms with Crippen molar-refractivity contribution in [3.63, 3.8) is 0 Å². The van der Waals surface area contributed by atoms with Crippen LogP contribution >= 0.6 is 0 Å². The van der Waals surface area contributed by atoms with Crippen LogP contribution in [0, 0.1) is 5.92 Å². The van der Waals surface area contributed by atoms with Crippen molar-refractivity contribution in [2.75, 3.05) is 33.2 Å². The maximum atomic E-state index is 11.6. The highest BCUT2D eigenvalue weighted by molar-refractivity contribution is 5.80. The van der Waals surface area contributed by atoms with Crippen LogP contribution in [0.5, 0.6) is 0 Å². The Balaban J connectivity index is 1.65. The first-order valence-electron chi connectivity index (χ1n) is 9.84. The topological polar surface area (TPSA) is 66.0 Å². The van der Waals surface area contributed by atoms with E-state index in [0.717, 1.165) is 38.4 Å². The molecule has 1 heterocycles. The average Bonchev–Trinajstić information content (AvgIpc) is 3.05. The van der Waals surface area contributed by atoms with Gasteiger partial charge in [-0.2, -0.15) is 0 Å². The lowest BCUT2D eigenvalue weighted by Gasteiger charge is -2.22. The molecule has 2 N–H and O–H groups in total. The summed E-state index contributed by atoms with van der Waals surface area (Å²) in [6, 6.07) is 10.7. The molecule has 0 radical (unpaired) electrons. The largest absolute Gasteiger partial charge is 0.444 e. The molecule has 0 aliphatic carbocycles. The number of nitrogens with one attached hydrogen (secondary N) is 2. The Morgan fingerprint density at radius 2 is 1.93 bits per heavy atom. The number of alkyl carbamates (subject to hydrolysis) is 1. The molecule has 0 spiro atoms. The first-order chi connectivity index (χ1) is 12.9. The predicted octanol–water partition coefficient (Wildman–Crippen LogP) is 3.04. The maximum absolute atomic E-state index is 11.6. The van der Waals surface area contributed by atoms with E-state index >= 15 is 0 Å². The molecule has 1 saturated heterocycles. The van der Waals surface area contributed by atoms with Crippen LogP contribution in [0.1, 0.15) is 39.2 Å². The van der Waals surface area contributed by atoms with E-state index in [1.807, 2.05) is 27.8 Å². The van der Waals surface area contributed by atoms with Crippen LogP contribution in [0.4, 0.5) is 4.79 Å². The van der Waals surface area contributed by atoms with Crippen molar-refractivity contribution in [2.24, 2.45) is 10.9 Å². The second kappa shape index (κ2) is 10.2. The van der Waals surface area contributed by atoms with Crippen molar-refractivity contribution in [1.29, 1.82) is 0 Å². The highest BCUT2D eigenvalue weighted by Gasteiger charge is 2.24. The van der Waals surface area contributed by atoms with E-state index in [4.69, 9.17) is 4.74 Å². The number of aliphatic imine (C=N–C) groups is 1. The first kappa shape index (κ1) is 21.1. The summed E-state index contributed by atoms with van der Waals surface area (Å²) < 4.78 is 5.23. The van der Waals surface area contributed by atoms with Gasteiger partial charge in [0, 0.05) is 33.2 Å². The number of hydrogen-bond acceptors (Lipinski definition) is 3. The van der Waals surface area contributed by atoms with Gasteiger partial charge in [0.15, 0.2) is 5.96 Å². The molecule has 1 fully saturated rings. The molecule has 6 heteroatoms. The van der Waals surface area contributed by atoms with Gasteiger partial charge >= 0.3 is 6.09 Å². The molecular weight excluding hydrogens is 340 g/mol. The SMILES string of the molecule is CN=C(NCCCNC(=O)OC(C)(C)C)N1CCC(Cc2ccccc2)C1. The van der Waals surface area contributed by atoms with E-state index in [-0.39, 0.29) is 6.09 Å². The molecular formula is C21H34N4O2. The second-order valence-electron chi connectivity index (χ2n) is 8.05. The van der Waals surface area contributed by atoms with Crippen LogP contribution in [0.15, 0.2) is 35.3 Å². The zero-order chi connectivity index (χ0) is 19.7. The molecule has 1 unspecified atom stereocenters. The average molecular weight is 375 g/mol.